The summed E-state index contributed by atoms with van der Waals surface area (Å²) in [5.41, 5.74) is 1.48. The van der Waals surface area contributed by atoms with Crippen LogP contribution in [0.15, 0.2) is 55.2 Å². The lowest BCUT2D eigenvalue weighted by molar-refractivity contribution is 0.0734. The summed E-state index contributed by atoms with van der Waals surface area (Å²) >= 11 is 0. The molecule has 0 radical (unpaired) electrons. The first-order valence-corrected chi connectivity index (χ1v) is 6.32. The Bertz CT molecular complexity index is 734. The van der Waals surface area contributed by atoms with Gasteiger partial charge in [0.25, 0.3) is 0 Å². The van der Waals surface area contributed by atoms with Crippen molar-refractivity contribution >= 4 is 5.97 Å². The number of ether oxygens (including phenoxy) is 1. The van der Waals surface area contributed by atoms with Crippen molar-refractivity contribution in [2.24, 2.45) is 0 Å². The second-order valence-electron chi connectivity index (χ2n) is 4.45. The number of benzene rings is 1. The monoisotopic (exact) mass is 280 g/mol. The van der Waals surface area contributed by atoms with Gasteiger partial charge in [-0.25, -0.2) is 19.4 Å². The van der Waals surface area contributed by atoms with Gasteiger partial charge in [0.05, 0.1) is 5.56 Å². The molecule has 0 saturated heterocycles. The number of hydrogen-bond acceptors (Lipinski definition) is 5. The highest BCUT2D eigenvalue weighted by atomic mass is 16.5. The molecule has 0 aliphatic heterocycles. The number of carbonyl (C=O) groups is 1. The average Bonchev–Trinajstić information content (AvgIpc) is 3.04. The molecule has 6 heteroatoms. The van der Waals surface area contributed by atoms with Crippen molar-refractivity contribution in [1.82, 2.24) is 19.7 Å². The van der Waals surface area contributed by atoms with Crippen LogP contribution in [0.1, 0.15) is 15.9 Å². The fourth-order valence-electron chi connectivity index (χ4n) is 1.74. The molecule has 104 valence electrons. The van der Waals surface area contributed by atoms with Gasteiger partial charge in [0.15, 0.2) is 5.82 Å². The van der Waals surface area contributed by atoms with E-state index in [1.165, 1.54) is 23.5 Å². The van der Waals surface area contributed by atoms with Gasteiger partial charge in [0, 0.05) is 6.20 Å². The van der Waals surface area contributed by atoms with Gasteiger partial charge in [-0.05, 0) is 31.2 Å². The molecule has 0 N–H and O–H groups in total. The summed E-state index contributed by atoms with van der Waals surface area (Å²) in [7, 11) is 0. The summed E-state index contributed by atoms with van der Waals surface area (Å²) in [6.45, 7) is 1.97. The maximum atomic E-state index is 12.0. The van der Waals surface area contributed by atoms with Crippen molar-refractivity contribution in [2.45, 2.75) is 6.92 Å². The van der Waals surface area contributed by atoms with Gasteiger partial charge < -0.3 is 4.74 Å². The van der Waals surface area contributed by atoms with E-state index in [0.29, 0.717) is 17.1 Å². The van der Waals surface area contributed by atoms with Gasteiger partial charge in [-0.3, -0.25) is 0 Å². The molecule has 2 heterocycles. The molecule has 1 aromatic carbocycles. The summed E-state index contributed by atoms with van der Waals surface area (Å²) in [4.78, 5) is 20.0. The van der Waals surface area contributed by atoms with Crippen LogP contribution >= 0.6 is 0 Å². The van der Waals surface area contributed by atoms with Crippen LogP contribution in [0.2, 0.25) is 0 Å². The lowest BCUT2D eigenvalue weighted by Gasteiger charge is -2.05. The van der Waals surface area contributed by atoms with Crippen molar-refractivity contribution in [3.05, 3.63) is 66.4 Å². The van der Waals surface area contributed by atoms with Gasteiger partial charge in [-0.15, -0.1) is 0 Å². The first-order chi connectivity index (χ1) is 10.2. The Hall–Kier alpha value is -3.02. The minimum absolute atomic E-state index is 0.374. The van der Waals surface area contributed by atoms with E-state index in [-0.39, 0.29) is 0 Å². The van der Waals surface area contributed by atoms with E-state index in [1.807, 2.05) is 19.1 Å². The standard InChI is InChI=1S/C15H12N4O2/c1-11-2-5-13(6-3-11)21-15(20)12-4-7-14(17-8-12)19-10-16-9-18-19/h2-10H,1H3. The molecule has 3 aromatic rings. The van der Waals surface area contributed by atoms with Crippen LogP contribution in [0.5, 0.6) is 5.75 Å². The Balaban J connectivity index is 1.74. The highest BCUT2D eigenvalue weighted by Crippen LogP contribution is 2.14. The highest BCUT2D eigenvalue weighted by molar-refractivity contribution is 5.90. The zero-order chi connectivity index (χ0) is 14.7. The van der Waals surface area contributed by atoms with E-state index in [4.69, 9.17) is 4.74 Å². The Labute approximate surface area is 121 Å². The van der Waals surface area contributed by atoms with Crippen LogP contribution in [0, 0.1) is 6.92 Å². The van der Waals surface area contributed by atoms with Crippen LogP contribution in [0.4, 0.5) is 0 Å². The Morgan fingerprint density at radius 1 is 1.14 bits per heavy atom. The smallest absolute Gasteiger partial charge is 0.345 e. The van der Waals surface area contributed by atoms with Crippen molar-refractivity contribution in [2.75, 3.05) is 0 Å². The predicted octanol–water partition coefficient (Wildman–Crippen LogP) is 2.19. The number of nitrogens with zero attached hydrogens (tertiary/aromatic N) is 4. The number of carbonyl (C=O) groups excluding carboxylic acids is 1. The first kappa shape index (κ1) is 13.0. The molecule has 3 rings (SSSR count). The van der Waals surface area contributed by atoms with E-state index in [9.17, 15) is 4.79 Å². The molecule has 0 aliphatic rings. The van der Waals surface area contributed by atoms with Crippen LogP contribution in [0.25, 0.3) is 5.82 Å². The minimum atomic E-state index is -0.448. The molecule has 0 aliphatic carbocycles. The number of pyridine rings is 1. The summed E-state index contributed by atoms with van der Waals surface area (Å²) in [5, 5.41) is 3.96. The predicted molar refractivity (Wildman–Crippen MR) is 75.3 cm³/mol. The number of aromatic nitrogens is 4. The second-order valence-corrected chi connectivity index (χ2v) is 4.45. The Morgan fingerprint density at radius 3 is 2.57 bits per heavy atom. The molecule has 0 fully saturated rings. The third kappa shape index (κ3) is 2.94. The lowest BCUT2D eigenvalue weighted by atomic mass is 10.2. The first-order valence-electron chi connectivity index (χ1n) is 6.32. The molecule has 2 aromatic heterocycles. The molecule has 6 nitrogen and oxygen atoms in total. The maximum absolute atomic E-state index is 12.0. The largest absolute Gasteiger partial charge is 0.423 e. The SMILES string of the molecule is Cc1ccc(OC(=O)c2ccc(-n3cncn3)nc2)cc1. The molecule has 0 atom stereocenters. The topological polar surface area (TPSA) is 69.9 Å². The summed E-state index contributed by atoms with van der Waals surface area (Å²) in [6, 6.07) is 10.6. The normalized spacial score (nSPS) is 10.3. The van der Waals surface area contributed by atoms with E-state index in [2.05, 4.69) is 15.1 Å². The van der Waals surface area contributed by atoms with Gasteiger partial charge in [-0.2, -0.15) is 5.10 Å². The molecule has 0 amide bonds. The maximum Gasteiger partial charge on any atom is 0.345 e. The van der Waals surface area contributed by atoms with E-state index >= 15 is 0 Å². The fourth-order valence-corrected chi connectivity index (χ4v) is 1.74. The van der Waals surface area contributed by atoms with Gasteiger partial charge in [0.1, 0.15) is 18.4 Å². The van der Waals surface area contributed by atoms with Gasteiger partial charge in [0.2, 0.25) is 0 Å². The van der Waals surface area contributed by atoms with Crippen LogP contribution in [-0.4, -0.2) is 25.7 Å². The van der Waals surface area contributed by atoms with E-state index < -0.39 is 5.97 Å². The second kappa shape index (κ2) is 5.54. The van der Waals surface area contributed by atoms with Crippen LogP contribution < -0.4 is 4.74 Å². The van der Waals surface area contributed by atoms with E-state index in [0.717, 1.165) is 5.56 Å². The molecule has 0 saturated carbocycles. The number of esters is 1. The number of rotatable bonds is 3. The van der Waals surface area contributed by atoms with Crippen molar-refractivity contribution in [3.63, 3.8) is 0 Å². The van der Waals surface area contributed by atoms with Gasteiger partial charge in [-0.1, -0.05) is 17.7 Å². The Kier molecular flexibility index (Phi) is 3.42. The molecule has 0 unspecified atom stereocenters. The van der Waals surface area contributed by atoms with Crippen molar-refractivity contribution in [1.29, 1.82) is 0 Å². The third-order valence-corrected chi connectivity index (χ3v) is 2.87. The quantitative estimate of drug-likeness (QED) is 0.543. The number of hydrogen-bond donors (Lipinski definition) is 0. The molecule has 0 bridgehead atoms. The third-order valence-electron chi connectivity index (χ3n) is 2.87. The molecule has 0 spiro atoms. The molecular formula is C15H12N4O2. The zero-order valence-corrected chi connectivity index (χ0v) is 11.3. The number of aryl methyl sites for hydroxylation is 1. The fraction of sp³-hybridized carbons (Fsp3) is 0.0667. The highest BCUT2D eigenvalue weighted by Gasteiger charge is 2.09. The summed E-state index contributed by atoms with van der Waals surface area (Å²) in [6.07, 6.45) is 4.40. The molecular weight excluding hydrogens is 268 g/mol. The Morgan fingerprint density at radius 2 is 1.95 bits per heavy atom. The molecule has 21 heavy (non-hydrogen) atoms. The van der Waals surface area contributed by atoms with Crippen LogP contribution in [0.3, 0.4) is 0 Å². The summed E-state index contributed by atoms with van der Waals surface area (Å²) < 4.78 is 6.78. The zero-order valence-electron chi connectivity index (χ0n) is 11.3. The van der Waals surface area contributed by atoms with E-state index in [1.54, 1.807) is 24.3 Å². The summed E-state index contributed by atoms with van der Waals surface area (Å²) in [5.74, 6) is 0.641. The van der Waals surface area contributed by atoms with Crippen LogP contribution in [-0.2, 0) is 0 Å². The van der Waals surface area contributed by atoms with Crippen molar-refractivity contribution < 1.29 is 9.53 Å². The van der Waals surface area contributed by atoms with Crippen molar-refractivity contribution in [3.8, 4) is 11.6 Å². The minimum Gasteiger partial charge on any atom is -0.423 e. The average molecular weight is 280 g/mol. The van der Waals surface area contributed by atoms with Gasteiger partial charge >= 0.3 is 5.97 Å². The lowest BCUT2D eigenvalue weighted by Crippen LogP contribution is -2.09.